The molecule has 1 saturated heterocycles. The molecule has 0 atom stereocenters. The molecular weight excluding hydrogens is 584 g/mol. The number of hydrogen-bond donors (Lipinski definition) is 2. The van der Waals surface area contributed by atoms with E-state index in [-0.39, 0.29) is 23.4 Å². The second-order valence-corrected chi connectivity index (χ2v) is 13.2. The second-order valence-electron chi connectivity index (χ2n) is 13.2. The Morgan fingerprint density at radius 3 is 2.38 bits per heavy atom. The molecular formula is C39H48N6O2. The number of nitrogens with one attached hydrogen (secondary N) is 2. The third-order valence-electron chi connectivity index (χ3n) is 8.87. The highest BCUT2D eigenvalue weighted by Crippen LogP contribution is 2.38. The van der Waals surface area contributed by atoms with Gasteiger partial charge in [-0.2, -0.15) is 0 Å². The van der Waals surface area contributed by atoms with E-state index in [1.807, 2.05) is 12.1 Å². The number of urea groups is 1. The Morgan fingerprint density at radius 1 is 0.979 bits per heavy atom. The van der Waals surface area contributed by atoms with E-state index < -0.39 is 0 Å². The summed E-state index contributed by atoms with van der Waals surface area (Å²) in [4.78, 5) is 40.8. The highest BCUT2D eigenvalue weighted by atomic mass is 16.2. The molecule has 2 aromatic heterocycles. The van der Waals surface area contributed by atoms with Gasteiger partial charge in [0.05, 0.1) is 6.54 Å². The minimum absolute atomic E-state index is 0.147. The van der Waals surface area contributed by atoms with E-state index in [0.29, 0.717) is 17.9 Å². The van der Waals surface area contributed by atoms with Crippen LogP contribution in [0.2, 0.25) is 0 Å². The van der Waals surface area contributed by atoms with Crippen LogP contribution in [0.25, 0.3) is 22.2 Å². The van der Waals surface area contributed by atoms with E-state index in [1.54, 1.807) is 17.2 Å². The number of fused-ring (bicyclic) bond motifs is 1. The molecule has 1 fully saturated rings. The van der Waals surface area contributed by atoms with Crippen LogP contribution in [0.1, 0.15) is 76.0 Å². The Bertz CT molecular complexity index is 1800. The van der Waals surface area contributed by atoms with Crippen LogP contribution in [0.3, 0.4) is 0 Å². The minimum Gasteiger partial charge on any atom is -0.307 e. The van der Waals surface area contributed by atoms with Crippen molar-refractivity contribution in [1.82, 2.24) is 19.8 Å². The fraction of sp³-hybridized carbons (Fsp3) is 0.410. The number of pyridine rings is 2. The summed E-state index contributed by atoms with van der Waals surface area (Å²) in [6.07, 6.45) is 3.29. The first-order valence-electron chi connectivity index (χ1n) is 16.9. The zero-order valence-electron chi connectivity index (χ0n) is 28.7. The van der Waals surface area contributed by atoms with Gasteiger partial charge in [-0.3, -0.25) is 14.6 Å². The Morgan fingerprint density at radius 2 is 1.70 bits per heavy atom. The maximum absolute atomic E-state index is 14.1. The number of hydrogen-bond acceptors (Lipinski definition) is 5. The van der Waals surface area contributed by atoms with Gasteiger partial charge in [-0.1, -0.05) is 65.0 Å². The van der Waals surface area contributed by atoms with Crippen LogP contribution >= 0.6 is 0 Å². The van der Waals surface area contributed by atoms with Crippen molar-refractivity contribution in [3.05, 3.63) is 87.8 Å². The van der Waals surface area contributed by atoms with E-state index in [2.05, 4.69) is 115 Å². The fourth-order valence-electron chi connectivity index (χ4n) is 5.99. The van der Waals surface area contributed by atoms with E-state index in [9.17, 15) is 9.59 Å². The number of piperazine rings is 1. The predicted molar refractivity (Wildman–Crippen MR) is 195 cm³/mol. The number of carbonyl (C=O) groups is 1. The van der Waals surface area contributed by atoms with Crippen LogP contribution in [0.5, 0.6) is 0 Å². The number of aromatic nitrogens is 2. The molecule has 0 aliphatic carbocycles. The number of aromatic amines is 1. The van der Waals surface area contributed by atoms with Gasteiger partial charge in [0.2, 0.25) is 0 Å². The van der Waals surface area contributed by atoms with Gasteiger partial charge in [0, 0.05) is 55.6 Å². The van der Waals surface area contributed by atoms with Gasteiger partial charge >= 0.3 is 6.03 Å². The monoisotopic (exact) mass is 632 g/mol. The first kappa shape index (κ1) is 33.9. The number of nitrogens with zero attached hydrogens (tertiary/aromatic N) is 4. The fourth-order valence-corrected chi connectivity index (χ4v) is 5.99. The quantitative estimate of drug-likeness (QED) is 0.190. The lowest BCUT2D eigenvalue weighted by Gasteiger charge is -2.30. The summed E-state index contributed by atoms with van der Waals surface area (Å²) in [5.41, 5.74) is 6.59. The maximum atomic E-state index is 14.1. The Labute approximate surface area is 279 Å². The number of H-pyrrole nitrogens is 1. The third kappa shape index (κ3) is 8.29. The summed E-state index contributed by atoms with van der Waals surface area (Å²) in [7, 11) is 2.17. The summed E-state index contributed by atoms with van der Waals surface area (Å²) in [5, 5.41) is 4.04. The zero-order valence-corrected chi connectivity index (χ0v) is 28.7. The summed E-state index contributed by atoms with van der Waals surface area (Å²) in [6, 6.07) is 17.9. The summed E-state index contributed by atoms with van der Waals surface area (Å²) < 4.78 is 0. The average molecular weight is 633 g/mol. The van der Waals surface area contributed by atoms with Gasteiger partial charge in [-0.25, -0.2) is 9.78 Å². The molecule has 0 spiro atoms. The first-order chi connectivity index (χ1) is 22.6. The highest BCUT2D eigenvalue weighted by molar-refractivity contribution is 6.03. The molecule has 1 aliphatic rings. The van der Waals surface area contributed by atoms with Crippen molar-refractivity contribution in [2.75, 3.05) is 56.5 Å². The van der Waals surface area contributed by atoms with Gasteiger partial charge < -0.3 is 15.2 Å². The van der Waals surface area contributed by atoms with Crippen molar-refractivity contribution < 1.29 is 4.79 Å². The lowest BCUT2D eigenvalue weighted by Crippen LogP contribution is -2.44. The van der Waals surface area contributed by atoms with Gasteiger partial charge in [0.1, 0.15) is 11.3 Å². The van der Waals surface area contributed by atoms with E-state index >= 15 is 0 Å². The summed E-state index contributed by atoms with van der Waals surface area (Å²) >= 11 is 0. The van der Waals surface area contributed by atoms with Crippen LogP contribution in [0.15, 0.2) is 65.6 Å². The number of amides is 2. The molecule has 0 unspecified atom stereocenters. The predicted octanol–water partition coefficient (Wildman–Crippen LogP) is 7.27. The molecule has 2 amide bonds. The largest absolute Gasteiger partial charge is 0.326 e. The summed E-state index contributed by atoms with van der Waals surface area (Å²) in [6.45, 7) is 16.1. The normalized spacial score (nSPS) is 14.0. The molecule has 0 saturated carbocycles. The Hall–Kier alpha value is -4.45. The average Bonchev–Trinajstić information content (AvgIpc) is 3.06. The van der Waals surface area contributed by atoms with Gasteiger partial charge in [0.15, 0.2) is 0 Å². The van der Waals surface area contributed by atoms with Crippen LogP contribution in [0, 0.1) is 11.8 Å². The molecule has 2 aromatic carbocycles. The molecule has 1 aliphatic heterocycles. The molecule has 3 heterocycles. The van der Waals surface area contributed by atoms with Crippen LogP contribution < -0.4 is 15.8 Å². The highest BCUT2D eigenvalue weighted by Gasteiger charge is 2.24. The van der Waals surface area contributed by atoms with Crippen LogP contribution in [-0.2, 0) is 0 Å². The maximum Gasteiger partial charge on any atom is 0.326 e. The van der Waals surface area contributed by atoms with E-state index in [1.165, 1.54) is 0 Å². The van der Waals surface area contributed by atoms with Crippen LogP contribution in [-0.4, -0.2) is 72.1 Å². The molecule has 0 radical (unpaired) electrons. The molecule has 8 heteroatoms. The van der Waals surface area contributed by atoms with Crippen molar-refractivity contribution >= 4 is 28.4 Å². The molecule has 47 heavy (non-hydrogen) atoms. The molecule has 8 nitrogen and oxygen atoms in total. The smallest absolute Gasteiger partial charge is 0.307 e. The van der Waals surface area contributed by atoms with E-state index in [0.717, 1.165) is 84.5 Å². The van der Waals surface area contributed by atoms with Crippen molar-refractivity contribution in [2.45, 2.75) is 59.3 Å². The number of carbonyl (C=O) groups excluding carboxylic acids is 1. The number of likely N-dealkylation sites (N-methyl/N-ethyl adjacent to an activating group) is 1. The molecule has 0 bridgehead atoms. The van der Waals surface area contributed by atoms with Crippen molar-refractivity contribution in [2.24, 2.45) is 0 Å². The molecule has 246 valence electrons. The lowest BCUT2D eigenvalue weighted by atomic mass is 9.88. The lowest BCUT2D eigenvalue weighted by molar-refractivity contribution is 0.168. The molecule has 4 aromatic rings. The van der Waals surface area contributed by atoms with Crippen LogP contribution in [0.4, 0.5) is 16.2 Å². The molecule has 2 N–H and O–H groups in total. The van der Waals surface area contributed by atoms with Gasteiger partial charge in [0.25, 0.3) is 5.56 Å². The SMILES string of the molecule is CCCCN(C(=O)Nc1c(C(C)C)cc(-c2cccc(C#CCN3CCN(C)CC3)c2)cc1C(C)C)c1cc2cccnc2[nH]c1=O. The Kier molecular flexibility index (Phi) is 11.1. The zero-order chi connectivity index (χ0) is 33.5. The van der Waals surface area contributed by atoms with Gasteiger partial charge in [-0.05, 0) is 90.0 Å². The number of rotatable bonds is 9. The van der Waals surface area contributed by atoms with E-state index in [4.69, 9.17) is 0 Å². The number of anilines is 2. The van der Waals surface area contributed by atoms with Crippen molar-refractivity contribution in [1.29, 1.82) is 0 Å². The Balaban J connectivity index is 1.46. The first-order valence-corrected chi connectivity index (χ1v) is 16.9. The molecule has 5 rings (SSSR count). The standard InChI is InChI=1S/C39H48N6O2/c1-7-8-18-45(35-26-31-15-10-16-40-37(31)42-38(35)46)39(47)41-36-33(27(2)3)24-32(25-34(36)28(4)5)30-14-9-12-29(23-30)13-11-17-44-21-19-43(6)20-22-44/h9-10,12,14-16,23-28H,7-8,17-22H2,1-6H3,(H,41,47)(H,40,42,46). The van der Waals surface area contributed by atoms with Crippen molar-refractivity contribution in [3.63, 3.8) is 0 Å². The number of unbranched alkanes of at least 4 members (excludes halogenated alkanes) is 1. The third-order valence-corrected chi connectivity index (χ3v) is 8.87. The van der Waals surface area contributed by atoms with Crippen molar-refractivity contribution in [3.8, 4) is 23.0 Å². The number of benzene rings is 2. The summed E-state index contributed by atoms with van der Waals surface area (Å²) in [5.74, 6) is 7.06. The topological polar surface area (TPSA) is 84.6 Å². The second kappa shape index (κ2) is 15.4. The van der Waals surface area contributed by atoms with Gasteiger partial charge in [-0.15, -0.1) is 0 Å². The minimum atomic E-state index is -0.336.